The van der Waals surface area contributed by atoms with Crippen molar-refractivity contribution in [1.29, 1.82) is 0 Å². The molecular formula is C18H22N2O2. The van der Waals surface area contributed by atoms with Gasteiger partial charge >= 0.3 is 5.97 Å². The number of ether oxygens (including phenoxy) is 1. The fourth-order valence-electron chi connectivity index (χ4n) is 2.11. The van der Waals surface area contributed by atoms with Crippen molar-refractivity contribution in [1.82, 2.24) is 9.97 Å². The highest BCUT2D eigenvalue weighted by Gasteiger charge is 2.26. The Bertz CT molecular complexity index is 633. The summed E-state index contributed by atoms with van der Waals surface area (Å²) in [5.41, 5.74) is 2.49. The Morgan fingerprint density at radius 1 is 1.23 bits per heavy atom. The summed E-state index contributed by atoms with van der Waals surface area (Å²) < 4.78 is 5.60. The SMILES string of the molecule is CC(OC(=O)C(C)(C)C)c1ccccc1Cc1cnccn1. The van der Waals surface area contributed by atoms with Gasteiger partial charge in [-0.15, -0.1) is 0 Å². The van der Waals surface area contributed by atoms with Gasteiger partial charge in [0.15, 0.2) is 0 Å². The summed E-state index contributed by atoms with van der Waals surface area (Å²) in [5.74, 6) is -0.200. The molecule has 0 amide bonds. The number of aromatic nitrogens is 2. The second-order valence-corrected chi connectivity index (χ2v) is 6.37. The third-order valence-electron chi connectivity index (χ3n) is 3.38. The van der Waals surface area contributed by atoms with E-state index in [9.17, 15) is 4.79 Å². The number of nitrogens with zero attached hydrogens (tertiary/aromatic N) is 2. The third-order valence-corrected chi connectivity index (χ3v) is 3.38. The molecule has 116 valence electrons. The van der Waals surface area contributed by atoms with Crippen molar-refractivity contribution in [3.05, 3.63) is 59.7 Å². The molecule has 0 spiro atoms. The maximum atomic E-state index is 12.1. The fourth-order valence-corrected chi connectivity index (χ4v) is 2.11. The van der Waals surface area contributed by atoms with Crippen molar-refractivity contribution < 1.29 is 9.53 Å². The van der Waals surface area contributed by atoms with Crippen LogP contribution in [0.25, 0.3) is 0 Å². The van der Waals surface area contributed by atoms with Crippen molar-refractivity contribution in [3.63, 3.8) is 0 Å². The van der Waals surface area contributed by atoms with Crippen LogP contribution in [-0.4, -0.2) is 15.9 Å². The second-order valence-electron chi connectivity index (χ2n) is 6.37. The summed E-state index contributed by atoms with van der Waals surface area (Å²) in [6.07, 6.45) is 5.47. The van der Waals surface area contributed by atoms with Crippen molar-refractivity contribution in [2.75, 3.05) is 0 Å². The van der Waals surface area contributed by atoms with Crippen molar-refractivity contribution in [3.8, 4) is 0 Å². The predicted molar refractivity (Wildman–Crippen MR) is 85.2 cm³/mol. The lowest BCUT2D eigenvalue weighted by molar-refractivity contribution is -0.158. The molecule has 0 saturated heterocycles. The number of esters is 1. The maximum Gasteiger partial charge on any atom is 0.311 e. The van der Waals surface area contributed by atoms with Crippen LogP contribution in [0.2, 0.25) is 0 Å². The van der Waals surface area contributed by atoms with Crippen LogP contribution in [0.15, 0.2) is 42.9 Å². The Morgan fingerprint density at radius 3 is 2.59 bits per heavy atom. The summed E-state index contributed by atoms with van der Waals surface area (Å²) in [4.78, 5) is 20.5. The molecule has 0 aliphatic carbocycles. The lowest BCUT2D eigenvalue weighted by Crippen LogP contribution is -2.24. The van der Waals surface area contributed by atoms with Gasteiger partial charge in [-0.05, 0) is 38.8 Å². The molecule has 0 saturated carbocycles. The zero-order chi connectivity index (χ0) is 16.2. The quantitative estimate of drug-likeness (QED) is 0.807. The minimum atomic E-state index is -0.506. The minimum Gasteiger partial charge on any atom is -0.457 e. The normalized spacial score (nSPS) is 12.7. The van der Waals surface area contributed by atoms with Gasteiger partial charge in [0.25, 0.3) is 0 Å². The van der Waals surface area contributed by atoms with Crippen LogP contribution in [0, 0.1) is 5.41 Å². The molecule has 22 heavy (non-hydrogen) atoms. The van der Waals surface area contributed by atoms with Gasteiger partial charge in [-0.1, -0.05) is 24.3 Å². The largest absolute Gasteiger partial charge is 0.457 e. The average molecular weight is 298 g/mol. The molecule has 4 nitrogen and oxygen atoms in total. The number of carbonyl (C=O) groups is 1. The first-order valence-corrected chi connectivity index (χ1v) is 7.41. The first kappa shape index (κ1) is 16.1. The first-order valence-electron chi connectivity index (χ1n) is 7.41. The van der Waals surface area contributed by atoms with Gasteiger partial charge in [-0.25, -0.2) is 0 Å². The first-order chi connectivity index (χ1) is 10.4. The summed E-state index contributed by atoms with van der Waals surface area (Å²) >= 11 is 0. The molecule has 0 fully saturated rings. The molecule has 0 bridgehead atoms. The van der Waals surface area contributed by atoms with Crippen LogP contribution in [0.1, 0.15) is 50.6 Å². The summed E-state index contributed by atoms with van der Waals surface area (Å²) in [6.45, 7) is 7.47. The van der Waals surface area contributed by atoms with E-state index < -0.39 is 5.41 Å². The molecule has 4 heteroatoms. The highest BCUT2D eigenvalue weighted by molar-refractivity contribution is 5.75. The standard InChI is InChI=1S/C18H22N2O2/c1-13(22-17(21)18(2,3)4)16-8-6-5-7-14(16)11-15-12-19-9-10-20-15/h5-10,12-13H,11H2,1-4H3. The number of hydrogen-bond acceptors (Lipinski definition) is 4. The molecule has 0 N–H and O–H groups in total. The second kappa shape index (κ2) is 6.69. The van der Waals surface area contributed by atoms with Crippen LogP contribution in [-0.2, 0) is 16.0 Å². The van der Waals surface area contributed by atoms with Crippen LogP contribution in [0.3, 0.4) is 0 Å². The van der Waals surface area contributed by atoms with Gasteiger partial charge in [-0.2, -0.15) is 0 Å². The lowest BCUT2D eigenvalue weighted by atomic mass is 9.96. The number of hydrogen-bond donors (Lipinski definition) is 0. The van der Waals surface area contributed by atoms with E-state index in [0.29, 0.717) is 6.42 Å². The molecule has 1 aromatic carbocycles. The summed E-state index contributed by atoms with van der Waals surface area (Å²) in [7, 11) is 0. The molecule has 1 heterocycles. The van der Waals surface area contributed by atoms with Gasteiger partial charge in [-0.3, -0.25) is 14.8 Å². The molecule has 0 aliphatic rings. The third kappa shape index (κ3) is 4.13. The Kier molecular flexibility index (Phi) is 4.91. The van der Waals surface area contributed by atoms with E-state index >= 15 is 0 Å². The van der Waals surface area contributed by atoms with Gasteiger partial charge in [0, 0.05) is 25.0 Å². The molecule has 2 rings (SSSR count). The molecule has 0 aliphatic heterocycles. The highest BCUT2D eigenvalue weighted by atomic mass is 16.5. The van der Waals surface area contributed by atoms with Crippen LogP contribution >= 0.6 is 0 Å². The predicted octanol–water partition coefficient (Wildman–Crippen LogP) is 3.72. The molecule has 2 aromatic rings. The summed E-state index contributed by atoms with van der Waals surface area (Å²) in [6, 6.07) is 7.96. The molecule has 1 aromatic heterocycles. The Morgan fingerprint density at radius 2 is 1.95 bits per heavy atom. The smallest absolute Gasteiger partial charge is 0.311 e. The van der Waals surface area contributed by atoms with E-state index in [1.807, 2.05) is 52.0 Å². The highest BCUT2D eigenvalue weighted by Crippen LogP contribution is 2.26. The van der Waals surface area contributed by atoms with Gasteiger partial charge in [0.05, 0.1) is 11.1 Å². The Hall–Kier alpha value is -2.23. The maximum absolute atomic E-state index is 12.1. The van der Waals surface area contributed by atoms with E-state index in [1.165, 1.54) is 0 Å². The number of benzene rings is 1. The summed E-state index contributed by atoms with van der Waals surface area (Å²) in [5, 5.41) is 0. The van der Waals surface area contributed by atoms with Crippen molar-refractivity contribution in [2.24, 2.45) is 5.41 Å². The van der Waals surface area contributed by atoms with Gasteiger partial charge < -0.3 is 4.74 Å². The number of carbonyl (C=O) groups excluding carboxylic acids is 1. The van der Waals surface area contributed by atoms with E-state index in [0.717, 1.165) is 16.8 Å². The van der Waals surface area contributed by atoms with Crippen LogP contribution in [0.5, 0.6) is 0 Å². The zero-order valence-electron chi connectivity index (χ0n) is 13.5. The zero-order valence-corrected chi connectivity index (χ0v) is 13.5. The van der Waals surface area contributed by atoms with Crippen molar-refractivity contribution >= 4 is 5.97 Å². The topological polar surface area (TPSA) is 52.1 Å². The fraction of sp³-hybridized carbons (Fsp3) is 0.389. The van der Waals surface area contributed by atoms with Crippen LogP contribution in [0.4, 0.5) is 0 Å². The van der Waals surface area contributed by atoms with Gasteiger partial charge in [0.1, 0.15) is 6.10 Å². The van der Waals surface area contributed by atoms with Crippen molar-refractivity contribution in [2.45, 2.75) is 40.2 Å². The Labute approximate surface area is 131 Å². The molecular weight excluding hydrogens is 276 g/mol. The minimum absolute atomic E-state index is 0.200. The number of rotatable bonds is 4. The van der Waals surface area contributed by atoms with E-state index in [1.54, 1.807) is 18.6 Å². The van der Waals surface area contributed by atoms with Crippen LogP contribution < -0.4 is 0 Å². The van der Waals surface area contributed by atoms with Gasteiger partial charge in [0.2, 0.25) is 0 Å². The molecule has 1 atom stereocenters. The monoisotopic (exact) mass is 298 g/mol. The van der Waals surface area contributed by atoms with E-state index in [2.05, 4.69) is 9.97 Å². The lowest BCUT2D eigenvalue weighted by Gasteiger charge is -2.22. The average Bonchev–Trinajstić information content (AvgIpc) is 2.47. The Balaban J connectivity index is 2.19. The molecule has 1 unspecified atom stereocenters. The molecule has 0 radical (unpaired) electrons. The van der Waals surface area contributed by atoms with E-state index in [4.69, 9.17) is 4.74 Å². The van der Waals surface area contributed by atoms with E-state index in [-0.39, 0.29) is 12.1 Å².